The molecule has 2 heterocycles. The van der Waals surface area contributed by atoms with Crippen LogP contribution in [0.3, 0.4) is 0 Å². The minimum atomic E-state index is -0.599. The molecule has 0 aliphatic carbocycles. The minimum absolute atomic E-state index is 0.0471. The average Bonchev–Trinajstić information content (AvgIpc) is 3.34. The number of benzene rings is 3. The van der Waals surface area contributed by atoms with Gasteiger partial charge in [-0.15, -0.1) is 23.1 Å². The van der Waals surface area contributed by atoms with Crippen LogP contribution < -0.4 is 10.6 Å². The Hall–Kier alpha value is -3.99. The van der Waals surface area contributed by atoms with Crippen LogP contribution in [0.4, 0.5) is 15.1 Å². The lowest BCUT2D eigenvalue weighted by atomic mass is 10.0. The monoisotopic (exact) mass is 603 g/mol. The number of fused-ring (bicyclic) bond motifs is 1. The molecule has 2 amide bonds. The molecule has 0 saturated carbocycles. The van der Waals surface area contributed by atoms with Gasteiger partial charge in [0.05, 0.1) is 23.5 Å². The van der Waals surface area contributed by atoms with Crippen molar-refractivity contribution in [1.29, 1.82) is 0 Å². The van der Waals surface area contributed by atoms with E-state index in [0.717, 1.165) is 28.4 Å². The maximum atomic E-state index is 14.0. The van der Waals surface area contributed by atoms with E-state index in [4.69, 9.17) is 4.74 Å². The summed E-state index contributed by atoms with van der Waals surface area (Å²) >= 11 is 2.72. The van der Waals surface area contributed by atoms with E-state index >= 15 is 0 Å². The Morgan fingerprint density at radius 3 is 2.57 bits per heavy atom. The van der Waals surface area contributed by atoms with Gasteiger partial charge >= 0.3 is 5.97 Å². The van der Waals surface area contributed by atoms with Gasteiger partial charge in [0.2, 0.25) is 5.91 Å². The van der Waals surface area contributed by atoms with E-state index in [-0.39, 0.29) is 23.8 Å². The number of thiophene rings is 1. The largest absolute Gasteiger partial charge is 0.462 e. The molecule has 3 aromatic carbocycles. The summed E-state index contributed by atoms with van der Waals surface area (Å²) in [7, 11) is 0. The standard InChI is InChI=1S/C32H30FN3O4S2/c1-2-40-32(39)29-25-15-16-36(18-21-9-4-3-5-10-21)19-27(25)42-31(29)35-28(37)20-41-23-12-8-11-22(17-23)34-30(38)24-13-6-7-14-26(24)33/h3-14,17H,2,15-16,18-20H2,1H3,(H,34,38)(H,35,37). The van der Waals surface area contributed by atoms with Crippen molar-refractivity contribution < 1.29 is 23.5 Å². The van der Waals surface area contributed by atoms with Crippen LogP contribution in [0.25, 0.3) is 0 Å². The number of halogens is 1. The van der Waals surface area contributed by atoms with Gasteiger partial charge in [0.1, 0.15) is 10.8 Å². The average molecular weight is 604 g/mol. The van der Waals surface area contributed by atoms with Crippen LogP contribution in [-0.4, -0.2) is 41.6 Å². The Morgan fingerprint density at radius 1 is 1.00 bits per heavy atom. The topological polar surface area (TPSA) is 87.7 Å². The fraction of sp³-hybridized carbons (Fsp3) is 0.219. The number of nitrogens with one attached hydrogen (secondary N) is 2. The number of rotatable bonds is 10. The summed E-state index contributed by atoms with van der Waals surface area (Å²) in [6.07, 6.45) is 0.697. The zero-order chi connectivity index (χ0) is 29.5. The fourth-order valence-corrected chi connectivity index (χ4v) is 6.81. The van der Waals surface area contributed by atoms with Gasteiger partial charge in [-0.1, -0.05) is 48.5 Å². The summed E-state index contributed by atoms with van der Waals surface area (Å²) in [5, 5.41) is 6.15. The number of amides is 2. The molecule has 5 rings (SSSR count). The molecular weight excluding hydrogens is 574 g/mol. The Bertz CT molecular complexity index is 1590. The van der Waals surface area contributed by atoms with Gasteiger partial charge in [0, 0.05) is 35.1 Å². The van der Waals surface area contributed by atoms with Crippen LogP contribution in [-0.2, 0) is 29.0 Å². The zero-order valence-corrected chi connectivity index (χ0v) is 24.7. The lowest BCUT2D eigenvalue weighted by molar-refractivity contribution is -0.113. The molecule has 0 fully saturated rings. The second-order valence-electron chi connectivity index (χ2n) is 9.67. The third-order valence-electron chi connectivity index (χ3n) is 6.70. The van der Waals surface area contributed by atoms with Crippen molar-refractivity contribution in [2.24, 2.45) is 0 Å². The second kappa shape index (κ2) is 13.8. The van der Waals surface area contributed by atoms with Crippen molar-refractivity contribution >= 4 is 51.6 Å². The number of ether oxygens (including phenoxy) is 1. The molecule has 7 nitrogen and oxygen atoms in total. The Balaban J connectivity index is 1.24. The van der Waals surface area contributed by atoms with E-state index in [1.807, 2.05) is 24.3 Å². The van der Waals surface area contributed by atoms with Gasteiger partial charge in [-0.2, -0.15) is 0 Å². The highest BCUT2D eigenvalue weighted by Gasteiger charge is 2.29. The van der Waals surface area contributed by atoms with E-state index in [9.17, 15) is 18.8 Å². The van der Waals surface area contributed by atoms with Gasteiger partial charge in [-0.25, -0.2) is 9.18 Å². The van der Waals surface area contributed by atoms with Crippen molar-refractivity contribution in [2.45, 2.75) is 31.3 Å². The number of anilines is 2. The SMILES string of the molecule is CCOC(=O)c1c(NC(=O)CSc2cccc(NC(=O)c3ccccc3F)c2)sc2c1CCN(Cc1ccccc1)C2. The summed E-state index contributed by atoms with van der Waals surface area (Å²) in [5.74, 6) is -1.74. The van der Waals surface area contributed by atoms with E-state index in [1.54, 1.807) is 31.2 Å². The molecule has 1 aromatic heterocycles. The maximum absolute atomic E-state index is 14.0. The number of carbonyl (C=O) groups is 3. The molecule has 0 radical (unpaired) electrons. The van der Waals surface area contributed by atoms with Crippen molar-refractivity contribution in [1.82, 2.24) is 4.90 Å². The van der Waals surface area contributed by atoms with E-state index in [0.29, 0.717) is 29.2 Å². The minimum Gasteiger partial charge on any atom is -0.462 e. The molecular formula is C32H30FN3O4S2. The predicted molar refractivity (Wildman–Crippen MR) is 165 cm³/mol. The Kier molecular flexibility index (Phi) is 9.68. The van der Waals surface area contributed by atoms with E-state index in [1.165, 1.54) is 46.9 Å². The molecule has 42 heavy (non-hydrogen) atoms. The van der Waals surface area contributed by atoms with Crippen molar-refractivity contribution in [2.75, 3.05) is 29.5 Å². The van der Waals surface area contributed by atoms with Crippen LogP contribution >= 0.6 is 23.1 Å². The summed E-state index contributed by atoms with van der Waals surface area (Å²) in [4.78, 5) is 42.6. The lowest BCUT2D eigenvalue weighted by Gasteiger charge is -2.27. The number of esters is 1. The maximum Gasteiger partial charge on any atom is 0.341 e. The number of nitrogens with zero attached hydrogens (tertiary/aromatic N) is 1. The van der Waals surface area contributed by atoms with Crippen molar-refractivity contribution in [3.8, 4) is 0 Å². The lowest BCUT2D eigenvalue weighted by Crippen LogP contribution is -2.30. The Labute approximate surface area is 252 Å². The van der Waals surface area contributed by atoms with Gasteiger partial charge in [-0.05, 0) is 54.8 Å². The van der Waals surface area contributed by atoms with Crippen molar-refractivity contribution in [3.05, 3.63) is 112 Å². The number of thioether (sulfide) groups is 1. The van der Waals surface area contributed by atoms with Crippen LogP contribution in [0.5, 0.6) is 0 Å². The highest BCUT2D eigenvalue weighted by Crippen LogP contribution is 2.38. The quantitative estimate of drug-likeness (QED) is 0.157. The highest BCUT2D eigenvalue weighted by atomic mass is 32.2. The zero-order valence-electron chi connectivity index (χ0n) is 23.0. The highest BCUT2D eigenvalue weighted by molar-refractivity contribution is 8.00. The van der Waals surface area contributed by atoms with Crippen LogP contribution in [0.2, 0.25) is 0 Å². The van der Waals surface area contributed by atoms with Crippen LogP contribution in [0.15, 0.2) is 83.8 Å². The molecule has 0 spiro atoms. The summed E-state index contributed by atoms with van der Waals surface area (Å²) in [5.41, 5.74) is 3.07. The first-order valence-electron chi connectivity index (χ1n) is 13.6. The Morgan fingerprint density at radius 2 is 1.79 bits per heavy atom. The molecule has 1 aliphatic rings. The third kappa shape index (κ3) is 7.25. The number of hydrogen-bond acceptors (Lipinski definition) is 7. The van der Waals surface area contributed by atoms with Gasteiger partial charge in [0.15, 0.2) is 0 Å². The molecule has 0 unspecified atom stereocenters. The molecule has 10 heteroatoms. The van der Waals surface area contributed by atoms with E-state index in [2.05, 4.69) is 27.7 Å². The predicted octanol–water partition coefficient (Wildman–Crippen LogP) is 6.61. The molecule has 0 atom stereocenters. The smallest absolute Gasteiger partial charge is 0.341 e. The molecule has 2 N–H and O–H groups in total. The summed E-state index contributed by atoms with van der Waals surface area (Å²) in [6.45, 7) is 4.32. The van der Waals surface area contributed by atoms with Crippen LogP contribution in [0.1, 0.15) is 43.6 Å². The van der Waals surface area contributed by atoms with E-state index < -0.39 is 17.7 Å². The molecule has 0 saturated heterocycles. The fourth-order valence-electron chi connectivity index (χ4n) is 4.76. The normalized spacial score (nSPS) is 12.8. The van der Waals surface area contributed by atoms with Gasteiger partial charge in [-0.3, -0.25) is 14.5 Å². The summed E-state index contributed by atoms with van der Waals surface area (Å²) in [6, 6.07) is 23.0. The molecule has 4 aromatic rings. The molecule has 0 bridgehead atoms. The van der Waals surface area contributed by atoms with Gasteiger partial charge in [0.25, 0.3) is 5.91 Å². The molecule has 216 valence electrons. The third-order valence-corrected chi connectivity index (χ3v) is 8.82. The second-order valence-corrected chi connectivity index (χ2v) is 11.8. The number of hydrogen-bond donors (Lipinski definition) is 2. The van der Waals surface area contributed by atoms with Crippen molar-refractivity contribution in [3.63, 3.8) is 0 Å². The first kappa shape index (κ1) is 29.5. The molecule has 1 aliphatic heterocycles. The first-order valence-corrected chi connectivity index (χ1v) is 15.4. The number of carbonyl (C=O) groups excluding carboxylic acids is 3. The first-order chi connectivity index (χ1) is 20.4. The van der Waals surface area contributed by atoms with Crippen LogP contribution in [0, 0.1) is 5.82 Å². The van der Waals surface area contributed by atoms with Gasteiger partial charge < -0.3 is 15.4 Å². The summed E-state index contributed by atoms with van der Waals surface area (Å²) < 4.78 is 19.3.